The molecule has 18 heteroatoms. The zero-order chi connectivity index (χ0) is 43.8. The van der Waals surface area contributed by atoms with Gasteiger partial charge in [0.1, 0.15) is 0 Å². The number of Topliss-reactive ketones (excluding diaryl/α,β-unsaturated/α-hetero) is 1. The number of methoxy groups -OCH3 is 1. The maximum Gasteiger partial charge on any atom is 0.339 e. The monoisotopic (exact) mass is 863 g/mol. The van der Waals surface area contributed by atoms with Gasteiger partial charge in [-0.3, -0.25) is 23.4 Å². The van der Waals surface area contributed by atoms with E-state index in [-0.39, 0.29) is 37.5 Å². The quantitative estimate of drug-likeness (QED) is 0.153. The molecule has 2 aliphatic rings. The number of carbonyl (C=O) groups excluding carboxylic acids is 2. The third-order valence-electron chi connectivity index (χ3n) is 10.8. The molecule has 0 saturated carbocycles. The van der Waals surface area contributed by atoms with Gasteiger partial charge in [-0.05, 0) is 101 Å². The van der Waals surface area contributed by atoms with Gasteiger partial charge in [-0.1, -0.05) is 24.3 Å². The topological polar surface area (TPSA) is 183 Å². The van der Waals surface area contributed by atoms with Crippen molar-refractivity contribution < 1.29 is 31.2 Å². The van der Waals surface area contributed by atoms with Crippen LogP contribution < -0.4 is 14.3 Å². The van der Waals surface area contributed by atoms with Gasteiger partial charge >= 0.3 is 26.4 Å². The van der Waals surface area contributed by atoms with Crippen molar-refractivity contribution in [1.29, 1.82) is 0 Å². The molecule has 2 atom stereocenters. The number of likely N-dealkylation sites (N-methyl/N-ethyl adjacent to an activating group) is 2. The largest absolute Gasteiger partial charge is 0.465 e. The highest BCUT2D eigenvalue weighted by Gasteiger charge is 2.36. The van der Waals surface area contributed by atoms with Crippen molar-refractivity contribution in [3.05, 3.63) is 119 Å². The Morgan fingerprint density at radius 2 is 1.13 bits per heavy atom. The molecule has 2 aromatic carbocycles. The molecule has 324 valence electrons. The normalized spacial score (nSPS) is 18.3. The van der Waals surface area contributed by atoms with Gasteiger partial charge in [0.2, 0.25) is 0 Å². The third-order valence-corrected chi connectivity index (χ3v) is 14.6. The van der Waals surface area contributed by atoms with Crippen LogP contribution in [0.4, 0.5) is 11.4 Å². The summed E-state index contributed by atoms with van der Waals surface area (Å²) in [5.41, 5.74) is 10.3. The number of anilines is 2. The molecule has 0 spiro atoms. The predicted octanol–water partition coefficient (Wildman–Crippen LogP) is 3.48. The van der Waals surface area contributed by atoms with Crippen LogP contribution in [0.3, 0.4) is 0 Å². The molecule has 0 bridgehead atoms. The van der Waals surface area contributed by atoms with E-state index in [0.29, 0.717) is 73.2 Å². The SMILES string of the molecule is COC(=O)c1ccc(CN(c2cccc(C)c2)S(=O)(=O)N2CCN(C)[C@H](C)C2)nc1.Cc1cccc(N(Cc2ccc(C(=O)CN)cn2)S(=O)(=O)N2CCN(C)[C@H](C)C2)c1. The Morgan fingerprint density at radius 1 is 0.700 bits per heavy atom. The van der Waals surface area contributed by atoms with Crippen LogP contribution in [0.5, 0.6) is 0 Å². The van der Waals surface area contributed by atoms with Gasteiger partial charge in [0, 0.05) is 69.3 Å². The summed E-state index contributed by atoms with van der Waals surface area (Å²) < 4.78 is 65.0. The minimum atomic E-state index is -3.77. The van der Waals surface area contributed by atoms with Crippen molar-refractivity contribution in [2.24, 2.45) is 5.73 Å². The first kappa shape index (κ1) is 46.2. The lowest BCUT2D eigenvalue weighted by atomic mass is 10.2. The Labute approximate surface area is 354 Å². The second-order valence-corrected chi connectivity index (χ2v) is 19.0. The van der Waals surface area contributed by atoms with Crippen LogP contribution in [0.1, 0.15) is 57.1 Å². The molecule has 0 radical (unpaired) electrons. The van der Waals surface area contributed by atoms with Crippen molar-refractivity contribution in [2.75, 3.05) is 75.6 Å². The number of rotatable bonds is 13. The number of ketones is 1. The van der Waals surface area contributed by atoms with E-state index in [4.69, 9.17) is 10.5 Å². The number of nitrogens with two attached hydrogens (primary N) is 1. The predicted molar refractivity (Wildman–Crippen MR) is 233 cm³/mol. The van der Waals surface area contributed by atoms with Crippen LogP contribution >= 0.6 is 0 Å². The first-order valence-corrected chi connectivity index (χ1v) is 22.5. The first-order valence-electron chi connectivity index (χ1n) is 19.8. The van der Waals surface area contributed by atoms with Gasteiger partial charge in [0.25, 0.3) is 0 Å². The van der Waals surface area contributed by atoms with E-state index in [9.17, 15) is 26.4 Å². The Balaban J connectivity index is 0.000000228. The average molecular weight is 864 g/mol. The number of nitrogens with zero attached hydrogens (tertiary/aromatic N) is 8. The Morgan fingerprint density at radius 3 is 1.48 bits per heavy atom. The highest BCUT2D eigenvalue weighted by atomic mass is 32.2. The Hall–Kier alpha value is -4.82. The van der Waals surface area contributed by atoms with E-state index < -0.39 is 26.4 Å². The molecule has 0 amide bonds. The van der Waals surface area contributed by atoms with Gasteiger partial charge in [-0.2, -0.15) is 25.4 Å². The van der Waals surface area contributed by atoms with Gasteiger partial charge in [-0.15, -0.1) is 0 Å². The summed E-state index contributed by atoms with van der Waals surface area (Å²) in [6, 6.07) is 21.6. The van der Waals surface area contributed by atoms with Crippen LogP contribution in [-0.2, 0) is 38.2 Å². The Kier molecular flexibility index (Phi) is 15.5. The van der Waals surface area contributed by atoms with Crippen LogP contribution in [0.25, 0.3) is 0 Å². The highest BCUT2D eigenvalue weighted by Crippen LogP contribution is 2.27. The average Bonchev–Trinajstić information content (AvgIpc) is 3.23. The van der Waals surface area contributed by atoms with E-state index in [1.807, 2.05) is 78.2 Å². The summed E-state index contributed by atoms with van der Waals surface area (Å²) >= 11 is 0. The fourth-order valence-corrected chi connectivity index (χ4v) is 10.1. The highest BCUT2D eigenvalue weighted by molar-refractivity contribution is 7.90. The Bertz CT molecular complexity index is 2150. The van der Waals surface area contributed by atoms with E-state index in [1.54, 1.807) is 36.4 Å². The van der Waals surface area contributed by atoms with Gasteiger partial charge in [0.05, 0.1) is 55.1 Å². The summed E-state index contributed by atoms with van der Waals surface area (Å²) in [4.78, 5) is 36.3. The molecule has 2 fully saturated rings. The molecule has 60 heavy (non-hydrogen) atoms. The number of ether oxygens (including phenoxy) is 1. The second kappa shape index (κ2) is 20.2. The third kappa shape index (κ3) is 11.3. The maximum atomic E-state index is 13.6. The summed E-state index contributed by atoms with van der Waals surface area (Å²) in [5, 5.41) is 0. The second-order valence-electron chi connectivity index (χ2n) is 15.3. The molecule has 16 nitrogen and oxygen atoms in total. The molecule has 4 heterocycles. The van der Waals surface area contributed by atoms with Gasteiger partial charge < -0.3 is 20.3 Å². The summed E-state index contributed by atoms with van der Waals surface area (Å²) in [7, 11) is -2.23. The zero-order valence-corrected chi connectivity index (χ0v) is 37.1. The first-order chi connectivity index (χ1) is 28.4. The van der Waals surface area contributed by atoms with E-state index in [0.717, 1.165) is 11.1 Å². The van der Waals surface area contributed by atoms with Crippen molar-refractivity contribution in [3.8, 4) is 0 Å². The number of aryl methyl sites for hydroxylation is 2. The maximum absolute atomic E-state index is 13.6. The smallest absolute Gasteiger partial charge is 0.339 e. The van der Waals surface area contributed by atoms with Crippen molar-refractivity contribution in [2.45, 2.75) is 52.9 Å². The number of aromatic nitrogens is 2. The molecule has 2 aliphatic heterocycles. The lowest BCUT2D eigenvalue weighted by molar-refractivity contribution is 0.0600. The van der Waals surface area contributed by atoms with E-state index >= 15 is 0 Å². The molecule has 2 aromatic heterocycles. The van der Waals surface area contributed by atoms with Crippen LogP contribution in [0.2, 0.25) is 0 Å². The number of benzene rings is 2. The zero-order valence-electron chi connectivity index (χ0n) is 35.4. The summed E-state index contributed by atoms with van der Waals surface area (Å²) in [5.74, 6) is -0.688. The molecule has 0 aliphatic carbocycles. The summed E-state index contributed by atoms with van der Waals surface area (Å²) in [6.45, 7) is 11.0. The van der Waals surface area contributed by atoms with Crippen molar-refractivity contribution >= 4 is 43.5 Å². The van der Waals surface area contributed by atoms with Crippen LogP contribution in [-0.4, -0.2) is 136 Å². The van der Waals surface area contributed by atoms with Crippen LogP contribution in [0.15, 0.2) is 85.2 Å². The van der Waals surface area contributed by atoms with Crippen molar-refractivity contribution in [3.63, 3.8) is 0 Å². The minimum absolute atomic E-state index is 0.0635. The number of hydrogen-bond donors (Lipinski definition) is 1. The molecular formula is C42H57N9O7S2. The fraction of sp³-hybridized carbons (Fsp3) is 0.429. The molecule has 2 N–H and O–H groups in total. The number of esters is 1. The molecule has 2 saturated heterocycles. The van der Waals surface area contributed by atoms with Gasteiger partial charge in [-0.25, -0.2) is 4.79 Å². The molecular weight excluding hydrogens is 807 g/mol. The van der Waals surface area contributed by atoms with E-state index in [2.05, 4.69) is 19.8 Å². The fourth-order valence-electron chi connectivity index (χ4n) is 6.76. The summed E-state index contributed by atoms with van der Waals surface area (Å²) in [6.07, 6.45) is 2.85. The van der Waals surface area contributed by atoms with E-state index in [1.165, 1.54) is 36.7 Å². The number of carbonyl (C=O) groups is 2. The standard InChI is InChI=1S/C21H29N5O3S.C21H28N4O4S/c1-16-5-4-6-20(11-16)26(15-19-8-7-18(13-23-19)21(27)12-22)30(28,29)25-10-9-24(3)17(2)14-25;1-16-6-5-7-20(12-16)25(15-19-9-8-18(13-22-19)21(26)29-4)30(27,28)24-11-10-23(3)17(2)14-24/h4-8,11,13,17H,9-10,12,14-15,22H2,1-3H3;5-9,12-13,17H,10-11,14-15H2,1-4H3/t2*17-/m11/s1. The van der Waals surface area contributed by atoms with Crippen molar-refractivity contribution in [1.82, 2.24) is 28.4 Å². The molecule has 6 rings (SSSR count). The number of pyridine rings is 2. The minimum Gasteiger partial charge on any atom is -0.465 e. The number of piperazine rings is 2. The molecule has 4 aromatic rings. The lowest BCUT2D eigenvalue weighted by Crippen LogP contribution is -2.55. The van der Waals surface area contributed by atoms with Crippen LogP contribution in [0, 0.1) is 13.8 Å². The lowest BCUT2D eigenvalue weighted by Gasteiger charge is -2.39. The molecule has 0 unspecified atom stereocenters. The van der Waals surface area contributed by atoms with Gasteiger partial charge in [0.15, 0.2) is 5.78 Å². The number of hydrogen-bond acceptors (Lipinski definition) is 12.